The lowest BCUT2D eigenvalue weighted by Crippen LogP contribution is -2.14. The number of Topliss-reactive ketones (excluding diaryl/α,β-unsaturated/α-hetero) is 1. The number of benzene rings is 1. The summed E-state index contributed by atoms with van der Waals surface area (Å²) in [6.45, 7) is -0.379. The molecule has 1 aromatic rings. The Balaban J connectivity index is 3.47. The summed E-state index contributed by atoms with van der Waals surface area (Å²) in [6, 6.07) is 0.838. The van der Waals surface area contributed by atoms with E-state index >= 15 is 0 Å². The van der Waals surface area contributed by atoms with Crippen LogP contribution in [0.25, 0.3) is 0 Å². The first-order valence-electron chi connectivity index (χ1n) is 3.65. The summed E-state index contributed by atoms with van der Waals surface area (Å²) in [5, 5.41) is 27.2. The van der Waals surface area contributed by atoms with Crippen LogP contribution in [0.2, 0.25) is 5.02 Å². The molecule has 0 radical (unpaired) electrons. The van der Waals surface area contributed by atoms with Crippen molar-refractivity contribution in [3.8, 4) is 17.2 Å². The lowest BCUT2D eigenvalue weighted by Gasteiger charge is -2.07. The van der Waals surface area contributed by atoms with Crippen LogP contribution in [0.4, 0.5) is 0 Å². The third-order valence-corrected chi connectivity index (χ3v) is 2.04. The number of rotatable bonds is 2. The van der Waals surface area contributed by atoms with E-state index in [1.54, 1.807) is 0 Å². The highest BCUT2D eigenvalue weighted by atomic mass is 35.5. The fourth-order valence-corrected chi connectivity index (χ4v) is 1.23. The van der Waals surface area contributed by atoms with E-state index in [2.05, 4.69) is 0 Å². The Labute approximate surface area is 84.3 Å². The summed E-state index contributed by atoms with van der Waals surface area (Å²) in [7, 11) is 0. The molecule has 0 aliphatic rings. The van der Waals surface area contributed by atoms with E-state index in [0.29, 0.717) is 0 Å². The van der Waals surface area contributed by atoms with Crippen LogP contribution < -0.4 is 5.73 Å². The van der Waals surface area contributed by atoms with Crippen LogP contribution in [0, 0.1) is 0 Å². The fraction of sp³-hybridized carbons (Fsp3) is 0.125. The van der Waals surface area contributed by atoms with Crippen molar-refractivity contribution < 1.29 is 20.1 Å². The van der Waals surface area contributed by atoms with E-state index in [4.69, 9.17) is 27.5 Å². The molecule has 0 fully saturated rings. The van der Waals surface area contributed by atoms with Gasteiger partial charge in [0.2, 0.25) is 0 Å². The lowest BCUT2D eigenvalue weighted by atomic mass is 10.1. The van der Waals surface area contributed by atoms with Gasteiger partial charge in [0.1, 0.15) is 5.75 Å². The number of aromatic hydroxyl groups is 3. The minimum absolute atomic E-state index is 0.323. The molecular weight excluding hydrogens is 210 g/mol. The summed E-state index contributed by atoms with van der Waals surface area (Å²) in [5.74, 6) is -2.45. The number of halogens is 1. The zero-order valence-electron chi connectivity index (χ0n) is 6.99. The van der Waals surface area contributed by atoms with Gasteiger partial charge in [0, 0.05) is 6.07 Å². The van der Waals surface area contributed by atoms with Gasteiger partial charge in [-0.3, -0.25) is 4.79 Å². The van der Waals surface area contributed by atoms with Gasteiger partial charge < -0.3 is 21.1 Å². The predicted octanol–water partition coefficient (Wildman–Crippen LogP) is 0.598. The molecule has 14 heavy (non-hydrogen) atoms. The molecule has 0 bridgehead atoms. The Morgan fingerprint density at radius 1 is 1.36 bits per heavy atom. The Morgan fingerprint density at radius 2 is 1.93 bits per heavy atom. The van der Waals surface area contributed by atoms with Gasteiger partial charge in [-0.05, 0) is 0 Å². The minimum atomic E-state index is -0.678. The molecule has 6 heteroatoms. The first kappa shape index (κ1) is 10.6. The van der Waals surface area contributed by atoms with Crippen LogP contribution in [0.5, 0.6) is 17.2 Å². The molecule has 0 saturated heterocycles. The van der Waals surface area contributed by atoms with Crippen molar-refractivity contribution in [2.45, 2.75) is 0 Å². The second-order valence-electron chi connectivity index (χ2n) is 2.58. The molecule has 0 saturated carbocycles. The molecule has 0 unspecified atom stereocenters. The summed E-state index contributed by atoms with van der Waals surface area (Å²) < 4.78 is 0. The van der Waals surface area contributed by atoms with Gasteiger partial charge in [0.05, 0.1) is 17.1 Å². The van der Waals surface area contributed by atoms with Crippen molar-refractivity contribution in [1.29, 1.82) is 0 Å². The average Bonchev–Trinajstić information content (AvgIpc) is 2.15. The quantitative estimate of drug-likeness (QED) is 0.330. The molecule has 0 aliphatic carbocycles. The highest BCUT2D eigenvalue weighted by Crippen LogP contribution is 2.40. The number of carbonyl (C=O) groups excluding carboxylic acids is 1. The fourth-order valence-electron chi connectivity index (χ4n) is 0.978. The van der Waals surface area contributed by atoms with Crippen molar-refractivity contribution in [3.63, 3.8) is 0 Å². The molecule has 0 amide bonds. The largest absolute Gasteiger partial charge is 0.506 e. The number of phenolic OH excluding ortho intramolecular Hbond substituents is 3. The molecule has 0 heterocycles. The third kappa shape index (κ3) is 1.59. The first-order chi connectivity index (χ1) is 6.49. The molecular formula is C8H8ClNO4. The zero-order chi connectivity index (χ0) is 10.9. The summed E-state index contributed by atoms with van der Waals surface area (Å²) in [6.07, 6.45) is 0. The Kier molecular flexibility index (Phi) is 2.83. The van der Waals surface area contributed by atoms with Gasteiger partial charge >= 0.3 is 0 Å². The number of hydrogen-bond acceptors (Lipinski definition) is 5. The Hall–Kier alpha value is -1.46. The molecule has 0 aliphatic heterocycles. The highest BCUT2D eigenvalue weighted by Gasteiger charge is 2.20. The molecule has 1 aromatic carbocycles. The predicted molar refractivity (Wildman–Crippen MR) is 49.8 cm³/mol. The van der Waals surface area contributed by atoms with Crippen LogP contribution in [0.1, 0.15) is 10.4 Å². The highest BCUT2D eigenvalue weighted by molar-refractivity contribution is 6.36. The summed E-state index contributed by atoms with van der Waals surface area (Å²) >= 11 is 5.55. The maximum Gasteiger partial charge on any atom is 0.181 e. The monoisotopic (exact) mass is 217 g/mol. The molecule has 1 rings (SSSR count). The van der Waals surface area contributed by atoms with Gasteiger partial charge in [-0.1, -0.05) is 11.6 Å². The van der Waals surface area contributed by atoms with Crippen molar-refractivity contribution in [3.05, 3.63) is 16.7 Å². The van der Waals surface area contributed by atoms with Crippen LogP contribution in [0.3, 0.4) is 0 Å². The number of carbonyl (C=O) groups is 1. The van der Waals surface area contributed by atoms with E-state index in [0.717, 1.165) is 6.07 Å². The molecule has 0 aromatic heterocycles. The maximum absolute atomic E-state index is 11.2. The van der Waals surface area contributed by atoms with Gasteiger partial charge in [0.15, 0.2) is 17.3 Å². The van der Waals surface area contributed by atoms with E-state index in [-0.39, 0.29) is 17.1 Å². The van der Waals surface area contributed by atoms with Gasteiger partial charge in [-0.25, -0.2) is 0 Å². The van der Waals surface area contributed by atoms with E-state index in [1.807, 2.05) is 0 Å². The average molecular weight is 218 g/mol. The van der Waals surface area contributed by atoms with Crippen molar-refractivity contribution in [1.82, 2.24) is 0 Å². The normalized spacial score (nSPS) is 10.1. The van der Waals surface area contributed by atoms with Crippen molar-refractivity contribution >= 4 is 17.4 Å². The molecule has 0 atom stereocenters. The number of hydrogen-bond donors (Lipinski definition) is 4. The number of nitrogens with two attached hydrogens (primary N) is 1. The smallest absolute Gasteiger partial charge is 0.181 e. The molecule has 76 valence electrons. The van der Waals surface area contributed by atoms with E-state index in [1.165, 1.54) is 0 Å². The minimum Gasteiger partial charge on any atom is -0.506 e. The SMILES string of the molecule is NCC(=O)c1c(O)c(O)cc(O)c1Cl. The summed E-state index contributed by atoms with van der Waals surface area (Å²) in [5.41, 5.74) is 4.69. The molecule has 5 N–H and O–H groups in total. The summed E-state index contributed by atoms with van der Waals surface area (Å²) in [4.78, 5) is 11.2. The van der Waals surface area contributed by atoms with E-state index in [9.17, 15) is 9.90 Å². The van der Waals surface area contributed by atoms with Crippen LogP contribution in [-0.2, 0) is 0 Å². The second kappa shape index (κ2) is 3.73. The lowest BCUT2D eigenvalue weighted by molar-refractivity contribution is 0.0998. The number of ketones is 1. The standard InChI is InChI=1S/C8H8ClNO4/c9-7-3(11)1-4(12)8(14)6(7)5(13)2-10/h1,11-12,14H,2,10H2. The van der Waals surface area contributed by atoms with Crippen LogP contribution in [0.15, 0.2) is 6.07 Å². The zero-order valence-corrected chi connectivity index (χ0v) is 7.75. The molecule has 5 nitrogen and oxygen atoms in total. The topological polar surface area (TPSA) is 104 Å². The number of phenols is 3. The van der Waals surface area contributed by atoms with Crippen LogP contribution in [-0.4, -0.2) is 27.6 Å². The van der Waals surface area contributed by atoms with Crippen molar-refractivity contribution in [2.24, 2.45) is 5.73 Å². The Bertz CT molecular complexity index is 365. The van der Waals surface area contributed by atoms with Crippen LogP contribution >= 0.6 is 11.6 Å². The maximum atomic E-state index is 11.2. The Morgan fingerprint density at radius 3 is 2.43 bits per heavy atom. The van der Waals surface area contributed by atoms with Gasteiger partial charge in [-0.15, -0.1) is 0 Å². The molecule has 0 spiro atoms. The van der Waals surface area contributed by atoms with Gasteiger partial charge in [-0.2, -0.15) is 0 Å². The van der Waals surface area contributed by atoms with Crippen molar-refractivity contribution in [2.75, 3.05) is 6.54 Å². The van der Waals surface area contributed by atoms with E-state index < -0.39 is 23.0 Å². The second-order valence-corrected chi connectivity index (χ2v) is 2.96. The van der Waals surface area contributed by atoms with Gasteiger partial charge in [0.25, 0.3) is 0 Å². The third-order valence-electron chi connectivity index (χ3n) is 1.66. The first-order valence-corrected chi connectivity index (χ1v) is 4.03.